The molecule has 15 heavy (non-hydrogen) atoms. The van der Waals surface area contributed by atoms with E-state index in [2.05, 4.69) is 21.0 Å². The van der Waals surface area contributed by atoms with Gasteiger partial charge in [-0.3, -0.25) is 0 Å². The fourth-order valence-corrected chi connectivity index (χ4v) is 3.05. The average molecular weight is 260 g/mol. The first-order valence-corrected chi connectivity index (χ1v) is 6.55. The van der Waals surface area contributed by atoms with E-state index in [4.69, 9.17) is 11.6 Å². The van der Waals surface area contributed by atoms with Crippen LogP contribution < -0.4 is 5.32 Å². The summed E-state index contributed by atoms with van der Waals surface area (Å²) >= 11 is 8.97. The van der Waals surface area contributed by atoms with Crippen LogP contribution in [0.15, 0.2) is 17.6 Å². The standard InChI is InChI=1S/C9H10ClN3S2/c1-2-11-8(7-5-12-15-13-7)9-6(10)3-4-14-9/h3-5,8,11H,2H2,1H3. The predicted octanol–water partition coefficient (Wildman–Crippen LogP) is 2.95. The molecular formula is C9H10ClN3S2. The number of halogens is 1. The maximum atomic E-state index is 6.11. The normalized spacial score (nSPS) is 12.9. The van der Waals surface area contributed by atoms with Crippen molar-refractivity contribution < 1.29 is 0 Å². The summed E-state index contributed by atoms with van der Waals surface area (Å²) in [6, 6.07) is 1.98. The molecule has 2 rings (SSSR count). The van der Waals surface area contributed by atoms with Gasteiger partial charge in [-0.1, -0.05) is 18.5 Å². The highest BCUT2D eigenvalue weighted by atomic mass is 35.5. The SMILES string of the molecule is CCNC(c1cnsn1)c1sccc1Cl. The molecule has 0 aromatic carbocycles. The Morgan fingerprint density at radius 1 is 1.60 bits per heavy atom. The lowest BCUT2D eigenvalue weighted by atomic mass is 10.2. The number of nitrogens with zero attached hydrogens (tertiary/aromatic N) is 2. The second-order valence-corrected chi connectivity index (χ2v) is 4.87. The molecule has 1 N–H and O–H groups in total. The second-order valence-electron chi connectivity index (χ2n) is 2.96. The predicted molar refractivity (Wildman–Crippen MR) is 64.8 cm³/mol. The minimum atomic E-state index is 0.0706. The molecule has 0 aliphatic carbocycles. The zero-order valence-corrected chi connectivity index (χ0v) is 10.5. The summed E-state index contributed by atoms with van der Waals surface area (Å²) in [6.07, 6.45) is 1.79. The van der Waals surface area contributed by atoms with Crippen molar-refractivity contribution in [2.45, 2.75) is 13.0 Å². The number of hydrogen-bond acceptors (Lipinski definition) is 5. The van der Waals surface area contributed by atoms with Crippen LogP contribution in [0.5, 0.6) is 0 Å². The van der Waals surface area contributed by atoms with Crippen molar-refractivity contribution in [3.63, 3.8) is 0 Å². The first-order valence-electron chi connectivity index (χ1n) is 4.56. The molecule has 0 aliphatic heterocycles. The molecule has 1 unspecified atom stereocenters. The van der Waals surface area contributed by atoms with Gasteiger partial charge in [0.15, 0.2) is 0 Å². The number of nitrogens with one attached hydrogen (secondary N) is 1. The lowest BCUT2D eigenvalue weighted by Crippen LogP contribution is -2.21. The van der Waals surface area contributed by atoms with Crippen molar-refractivity contribution >= 4 is 34.7 Å². The summed E-state index contributed by atoms with van der Waals surface area (Å²) in [6.45, 7) is 2.94. The molecule has 6 heteroatoms. The third-order valence-corrected chi connectivity index (χ3v) is 3.90. The van der Waals surface area contributed by atoms with E-state index >= 15 is 0 Å². The van der Waals surface area contributed by atoms with Gasteiger partial charge in [-0.15, -0.1) is 11.3 Å². The van der Waals surface area contributed by atoms with E-state index in [0.717, 1.165) is 22.1 Å². The highest BCUT2D eigenvalue weighted by Crippen LogP contribution is 2.32. The van der Waals surface area contributed by atoms with E-state index in [0.29, 0.717) is 0 Å². The number of rotatable bonds is 4. The Balaban J connectivity index is 2.32. The molecule has 0 fully saturated rings. The molecule has 0 aliphatic rings. The Kier molecular flexibility index (Phi) is 3.69. The number of aromatic nitrogens is 2. The van der Waals surface area contributed by atoms with Gasteiger partial charge in [0.2, 0.25) is 0 Å². The van der Waals surface area contributed by atoms with Crippen molar-refractivity contribution in [3.05, 3.63) is 33.2 Å². The summed E-state index contributed by atoms with van der Waals surface area (Å²) in [4.78, 5) is 1.10. The summed E-state index contributed by atoms with van der Waals surface area (Å²) in [5.74, 6) is 0. The van der Waals surface area contributed by atoms with E-state index in [1.54, 1.807) is 17.5 Å². The Labute approximate surface area is 101 Å². The molecule has 0 saturated carbocycles. The lowest BCUT2D eigenvalue weighted by molar-refractivity contribution is 0.629. The molecule has 0 saturated heterocycles. The average Bonchev–Trinajstić information content (AvgIpc) is 2.85. The molecule has 2 aromatic rings. The fourth-order valence-electron chi connectivity index (χ4n) is 1.35. The second kappa shape index (κ2) is 5.03. The summed E-state index contributed by atoms with van der Waals surface area (Å²) in [7, 11) is 0. The van der Waals surface area contributed by atoms with Gasteiger partial charge in [-0.25, -0.2) is 0 Å². The van der Waals surface area contributed by atoms with Gasteiger partial charge in [0, 0.05) is 4.88 Å². The molecule has 2 heterocycles. The third-order valence-electron chi connectivity index (χ3n) is 1.99. The molecule has 2 aromatic heterocycles. The summed E-state index contributed by atoms with van der Waals surface area (Å²) in [5, 5.41) is 6.14. The van der Waals surface area contributed by atoms with Crippen LogP contribution in [0.25, 0.3) is 0 Å². The third kappa shape index (κ3) is 2.36. The van der Waals surface area contributed by atoms with Crippen LogP contribution in [0.3, 0.4) is 0 Å². The number of thiophene rings is 1. The Bertz CT molecular complexity index is 413. The van der Waals surface area contributed by atoms with E-state index in [1.807, 2.05) is 11.4 Å². The van der Waals surface area contributed by atoms with Crippen molar-refractivity contribution in [1.82, 2.24) is 14.1 Å². The van der Waals surface area contributed by atoms with Crippen LogP contribution in [-0.4, -0.2) is 15.3 Å². The van der Waals surface area contributed by atoms with E-state index < -0.39 is 0 Å². The first kappa shape index (κ1) is 11.0. The Hall–Kier alpha value is -0.490. The minimum Gasteiger partial charge on any atom is -0.304 e. The van der Waals surface area contributed by atoms with Crippen LogP contribution in [0.4, 0.5) is 0 Å². The van der Waals surface area contributed by atoms with Crippen LogP contribution in [0, 0.1) is 0 Å². The summed E-state index contributed by atoms with van der Waals surface area (Å²) in [5.41, 5.74) is 0.936. The van der Waals surface area contributed by atoms with Crippen molar-refractivity contribution in [2.24, 2.45) is 0 Å². The van der Waals surface area contributed by atoms with Gasteiger partial charge in [0.05, 0.1) is 34.7 Å². The Morgan fingerprint density at radius 3 is 3.00 bits per heavy atom. The van der Waals surface area contributed by atoms with Gasteiger partial charge < -0.3 is 5.32 Å². The molecule has 0 bridgehead atoms. The highest BCUT2D eigenvalue weighted by Gasteiger charge is 2.19. The maximum absolute atomic E-state index is 6.11. The van der Waals surface area contributed by atoms with Crippen molar-refractivity contribution in [2.75, 3.05) is 6.54 Å². The monoisotopic (exact) mass is 259 g/mol. The molecule has 0 spiro atoms. The molecule has 0 amide bonds. The topological polar surface area (TPSA) is 37.8 Å². The Morgan fingerprint density at radius 2 is 2.47 bits per heavy atom. The van der Waals surface area contributed by atoms with Gasteiger partial charge >= 0.3 is 0 Å². The van der Waals surface area contributed by atoms with Crippen LogP contribution in [0.2, 0.25) is 5.02 Å². The minimum absolute atomic E-state index is 0.0706. The smallest absolute Gasteiger partial charge is 0.0966 e. The van der Waals surface area contributed by atoms with E-state index in [-0.39, 0.29) is 6.04 Å². The zero-order valence-electron chi connectivity index (χ0n) is 8.11. The molecule has 80 valence electrons. The van der Waals surface area contributed by atoms with Crippen LogP contribution in [0.1, 0.15) is 23.5 Å². The largest absolute Gasteiger partial charge is 0.304 e. The molecule has 3 nitrogen and oxygen atoms in total. The van der Waals surface area contributed by atoms with Crippen molar-refractivity contribution in [3.8, 4) is 0 Å². The molecule has 1 atom stereocenters. The van der Waals surface area contributed by atoms with E-state index in [9.17, 15) is 0 Å². The quantitative estimate of drug-likeness (QED) is 0.917. The van der Waals surface area contributed by atoms with Gasteiger partial charge in [-0.2, -0.15) is 8.75 Å². The maximum Gasteiger partial charge on any atom is 0.0966 e. The fraction of sp³-hybridized carbons (Fsp3) is 0.333. The summed E-state index contributed by atoms with van der Waals surface area (Å²) < 4.78 is 8.27. The molecular weight excluding hydrogens is 250 g/mol. The lowest BCUT2D eigenvalue weighted by Gasteiger charge is -2.13. The van der Waals surface area contributed by atoms with Crippen LogP contribution >= 0.6 is 34.7 Å². The van der Waals surface area contributed by atoms with Crippen LogP contribution in [-0.2, 0) is 0 Å². The van der Waals surface area contributed by atoms with Gasteiger partial charge in [0.1, 0.15) is 0 Å². The van der Waals surface area contributed by atoms with Gasteiger partial charge in [-0.05, 0) is 18.0 Å². The van der Waals surface area contributed by atoms with E-state index in [1.165, 1.54) is 11.7 Å². The highest BCUT2D eigenvalue weighted by molar-refractivity contribution is 7.10. The van der Waals surface area contributed by atoms with Gasteiger partial charge in [0.25, 0.3) is 0 Å². The number of hydrogen-bond donors (Lipinski definition) is 1. The van der Waals surface area contributed by atoms with Crippen molar-refractivity contribution in [1.29, 1.82) is 0 Å². The molecule has 0 radical (unpaired) electrons. The zero-order chi connectivity index (χ0) is 10.7. The first-order chi connectivity index (χ1) is 7.33.